The van der Waals surface area contributed by atoms with E-state index in [4.69, 9.17) is 9.47 Å². The van der Waals surface area contributed by atoms with Gasteiger partial charge >= 0.3 is 5.69 Å². The Labute approximate surface area is 154 Å². The van der Waals surface area contributed by atoms with Crippen molar-refractivity contribution in [3.8, 4) is 11.5 Å². The van der Waals surface area contributed by atoms with Crippen LogP contribution in [-0.2, 0) is 20.7 Å². The van der Waals surface area contributed by atoms with Crippen molar-refractivity contribution in [3.05, 3.63) is 67.4 Å². The minimum Gasteiger partial charge on any atom is -0.497 e. The van der Waals surface area contributed by atoms with Crippen molar-refractivity contribution in [1.29, 1.82) is 0 Å². The lowest BCUT2D eigenvalue weighted by atomic mass is 10.1. The van der Waals surface area contributed by atoms with Crippen LogP contribution in [-0.4, -0.2) is 16.2 Å². The van der Waals surface area contributed by atoms with E-state index in [9.17, 15) is 9.59 Å². The van der Waals surface area contributed by atoms with Crippen molar-refractivity contribution in [2.24, 2.45) is 14.1 Å². The van der Waals surface area contributed by atoms with E-state index in [-0.39, 0.29) is 18.3 Å². The molecule has 1 heterocycles. The minimum atomic E-state index is -0.467. The molecule has 0 bridgehead atoms. The Morgan fingerprint density at radius 2 is 1.96 bits per heavy atom. The molecule has 0 N–H and O–H groups in total. The second-order valence-corrected chi connectivity index (χ2v) is 6.54. The van der Waals surface area contributed by atoms with Gasteiger partial charge in [0.1, 0.15) is 12.4 Å². The van der Waals surface area contributed by atoms with E-state index in [2.05, 4.69) is 22.5 Å². The van der Waals surface area contributed by atoms with Crippen molar-refractivity contribution in [2.45, 2.75) is 19.4 Å². The molecule has 0 radical (unpaired) electrons. The molecule has 0 aliphatic rings. The molecule has 7 heteroatoms. The smallest absolute Gasteiger partial charge is 0.330 e. The monoisotopic (exact) mass is 408 g/mol. The van der Waals surface area contributed by atoms with Crippen LogP contribution >= 0.6 is 15.9 Å². The minimum absolute atomic E-state index is 0.145. The van der Waals surface area contributed by atoms with Gasteiger partial charge in [-0.15, -0.1) is 6.58 Å². The summed E-state index contributed by atoms with van der Waals surface area (Å²) in [5, 5.41) is 0. The third-order valence-electron chi connectivity index (χ3n) is 4.08. The highest BCUT2D eigenvalue weighted by atomic mass is 79.9. The number of methoxy groups -OCH3 is 1. The van der Waals surface area contributed by atoms with Gasteiger partial charge in [0.2, 0.25) is 5.75 Å². The standard InChI is InChI=1S/C18H21BrN2O4/c1-6-11(2)15-16(17(22)21(4)18(23)20(15)3)25-10-12-9-13(24-5)7-8-14(12)19/h6-9,11H,1,10H2,2-5H3. The van der Waals surface area contributed by atoms with Crippen LogP contribution in [0.5, 0.6) is 11.5 Å². The molecule has 0 saturated heterocycles. The lowest BCUT2D eigenvalue weighted by Crippen LogP contribution is -2.39. The lowest BCUT2D eigenvalue weighted by Gasteiger charge is -2.19. The van der Waals surface area contributed by atoms with Crippen molar-refractivity contribution in [3.63, 3.8) is 0 Å². The molecule has 25 heavy (non-hydrogen) atoms. The maximum absolute atomic E-state index is 12.6. The summed E-state index contributed by atoms with van der Waals surface area (Å²) >= 11 is 3.46. The van der Waals surface area contributed by atoms with Gasteiger partial charge in [-0.25, -0.2) is 4.79 Å². The number of aromatic nitrogens is 2. The molecule has 1 aromatic carbocycles. The summed E-state index contributed by atoms with van der Waals surface area (Å²) in [5.74, 6) is 0.622. The molecule has 0 amide bonds. The molecule has 1 unspecified atom stereocenters. The molecule has 1 atom stereocenters. The fourth-order valence-electron chi connectivity index (χ4n) is 2.53. The van der Waals surface area contributed by atoms with Crippen LogP contribution in [0.2, 0.25) is 0 Å². The van der Waals surface area contributed by atoms with Crippen LogP contribution in [0.4, 0.5) is 0 Å². The summed E-state index contributed by atoms with van der Waals surface area (Å²) in [6.45, 7) is 5.76. The zero-order valence-electron chi connectivity index (χ0n) is 14.7. The average molecular weight is 409 g/mol. The Kier molecular flexibility index (Phi) is 5.89. The third kappa shape index (κ3) is 3.71. The molecule has 2 rings (SSSR count). The summed E-state index contributed by atoms with van der Waals surface area (Å²) in [6.07, 6.45) is 1.67. The number of benzene rings is 1. The molecule has 0 spiro atoms. The Hall–Kier alpha value is -2.28. The second kappa shape index (κ2) is 7.74. The quantitative estimate of drug-likeness (QED) is 0.689. The molecule has 0 aliphatic carbocycles. The number of ether oxygens (including phenoxy) is 2. The van der Waals surface area contributed by atoms with E-state index in [0.29, 0.717) is 11.4 Å². The predicted molar refractivity (Wildman–Crippen MR) is 101 cm³/mol. The average Bonchev–Trinajstić information content (AvgIpc) is 2.62. The number of allylic oxidation sites excluding steroid dienone is 1. The second-order valence-electron chi connectivity index (χ2n) is 5.69. The first-order valence-corrected chi connectivity index (χ1v) is 8.48. The van der Waals surface area contributed by atoms with Crippen LogP contribution in [0, 0.1) is 0 Å². The van der Waals surface area contributed by atoms with E-state index in [1.165, 1.54) is 11.6 Å². The Morgan fingerprint density at radius 3 is 2.56 bits per heavy atom. The van der Waals surface area contributed by atoms with Crippen molar-refractivity contribution in [1.82, 2.24) is 9.13 Å². The first-order valence-electron chi connectivity index (χ1n) is 7.69. The number of hydrogen-bond donors (Lipinski definition) is 0. The lowest BCUT2D eigenvalue weighted by molar-refractivity contribution is 0.287. The van der Waals surface area contributed by atoms with Gasteiger partial charge in [-0.1, -0.05) is 28.9 Å². The van der Waals surface area contributed by atoms with Gasteiger partial charge in [0.15, 0.2) is 0 Å². The third-order valence-corrected chi connectivity index (χ3v) is 4.85. The Morgan fingerprint density at radius 1 is 1.28 bits per heavy atom. The number of hydrogen-bond acceptors (Lipinski definition) is 4. The fourth-order valence-corrected chi connectivity index (χ4v) is 2.89. The molecule has 2 aromatic rings. The zero-order valence-corrected chi connectivity index (χ0v) is 16.3. The van der Waals surface area contributed by atoms with E-state index in [0.717, 1.165) is 14.6 Å². The molecule has 6 nitrogen and oxygen atoms in total. The van der Waals surface area contributed by atoms with E-state index >= 15 is 0 Å². The molecule has 0 aliphatic heterocycles. The summed E-state index contributed by atoms with van der Waals surface area (Å²) in [7, 11) is 4.63. The van der Waals surface area contributed by atoms with Crippen LogP contribution in [0.3, 0.4) is 0 Å². The van der Waals surface area contributed by atoms with Crippen LogP contribution in [0.25, 0.3) is 0 Å². The van der Waals surface area contributed by atoms with Gasteiger partial charge < -0.3 is 9.47 Å². The molecule has 0 saturated carbocycles. The van der Waals surface area contributed by atoms with Crippen molar-refractivity contribution in [2.75, 3.05) is 7.11 Å². The summed E-state index contributed by atoms with van der Waals surface area (Å²) in [4.78, 5) is 24.8. The van der Waals surface area contributed by atoms with Crippen molar-refractivity contribution >= 4 is 15.9 Å². The highest BCUT2D eigenvalue weighted by Gasteiger charge is 2.20. The summed E-state index contributed by atoms with van der Waals surface area (Å²) in [5.41, 5.74) is 0.462. The largest absolute Gasteiger partial charge is 0.497 e. The maximum atomic E-state index is 12.6. The van der Waals surface area contributed by atoms with E-state index in [1.807, 2.05) is 25.1 Å². The van der Waals surface area contributed by atoms with Crippen LogP contribution in [0.15, 0.2) is 44.9 Å². The van der Waals surface area contributed by atoms with Gasteiger partial charge in [0.05, 0.1) is 12.8 Å². The topological polar surface area (TPSA) is 62.5 Å². The molecule has 134 valence electrons. The van der Waals surface area contributed by atoms with E-state index < -0.39 is 11.2 Å². The first-order chi connectivity index (χ1) is 11.8. The molecular formula is C18H21BrN2O4. The zero-order chi connectivity index (χ0) is 18.7. The molecular weight excluding hydrogens is 388 g/mol. The predicted octanol–water partition coefficient (Wildman–Crippen LogP) is 2.72. The molecule has 0 fully saturated rings. The molecule has 1 aromatic heterocycles. The van der Waals surface area contributed by atoms with E-state index in [1.54, 1.807) is 20.2 Å². The van der Waals surface area contributed by atoms with Crippen molar-refractivity contribution < 1.29 is 9.47 Å². The number of nitrogens with zero attached hydrogens (tertiary/aromatic N) is 2. The SMILES string of the molecule is C=CC(C)c1c(OCc2cc(OC)ccc2Br)c(=O)n(C)c(=O)n1C. The first kappa shape index (κ1) is 19.1. The summed E-state index contributed by atoms with van der Waals surface area (Å²) < 4.78 is 14.4. The number of halogens is 1. The fraction of sp³-hybridized carbons (Fsp3) is 0.333. The number of rotatable bonds is 6. The van der Waals surface area contributed by atoms with Gasteiger partial charge in [-0.3, -0.25) is 13.9 Å². The normalized spacial score (nSPS) is 11.9. The Bertz CT molecular complexity index is 915. The summed E-state index contributed by atoms with van der Waals surface area (Å²) in [6, 6.07) is 5.50. The van der Waals surface area contributed by atoms with Crippen LogP contribution < -0.4 is 20.7 Å². The maximum Gasteiger partial charge on any atom is 0.330 e. The Balaban J connectivity index is 2.51. The van der Waals surface area contributed by atoms with Crippen LogP contribution in [0.1, 0.15) is 24.1 Å². The van der Waals surface area contributed by atoms with Gasteiger partial charge in [0, 0.05) is 30.0 Å². The van der Waals surface area contributed by atoms with Gasteiger partial charge in [-0.05, 0) is 18.2 Å². The van der Waals surface area contributed by atoms with Gasteiger partial charge in [-0.2, -0.15) is 0 Å². The van der Waals surface area contributed by atoms with Gasteiger partial charge in [0.25, 0.3) is 5.56 Å². The highest BCUT2D eigenvalue weighted by Crippen LogP contribution is 2.26. The highest BCUT2D eigenvalue weighted by molar-refractivity contribution is 9.10.